The van der Waals surface area contributed by atoms with E-state index in [4.69, 9.17) is 0 Å². The van der Waals surface area contributed by atoms with E-state index in [1.807, 2.05) is 6.07 Å². The Balaban J connectivity index is 2.04. The van der Waals surface area contributed by atoms with Crippen LogP contribution in [0.4, 0.5) is 4.79 Å². The predicted molar refractivity (Wildman–Crippen MR) is 70.8 cm³/mol. The van der Waals surface area contributed by atoms with Crippen molar-refractivity contribution in [1.29, 1.82) is 0 Å². The van der Waals surface area contributed by atoms with Gasteiger partial charge < -0.3 is 15.3 Å². The lowest BCUT2D eigenvalue weighted by molar-refractivity contribution is -0.139. The van der Waals surface area contributed by atoms with E-state index in [2.05, 4.69) is 5.32 Å². The molecular weight excluding hydrogens is 244 g/mol. The molecule has 102 valence electrons. The number of hydrogen-bond donors (Lipinski definition) is 2. The Morgan fingerprint density at radius 1 is 1.11 bits per heavy atom. The van der Waals surface area contributed by atoms with Gasteiger partial charge in [-0.05, 0) is 24.8 Å². The van der Waals surface area contributed by atoms with Crippen molar-refractivity contribution in [3.63, 3.8) is 0 Å². The summed E-state index contributed by atoms with van der Waals surface area (Å²) in [6.45, 7) is 1.40. The molecule has 1 atom stereocenters. The minimum Gasteiger partial charge on any atom is -0.479 e. The second kappa shape index (κ2) is 6.22. The molecule has 1 aliphatic rings. The highest BCUT2D eigenvalue weighted by atomic mass is 16.4. The van der Waals surface area contributed by atoms with Gasteiger partial charge in [-0.25, -0.2) is 9.59 Å². The number of aliphatic carboxylic acids is 1. The first-order valence-corrected chi connectivity index (χ1v) is 6.51. The average Bonchev–Trinajstić information content (AvgIpc) is 2.46. The molecule has 1 heterocycles. The molecule has 1 fully saturated rings. The number of carboxylic acids is 1. The number of benzene rings is 1. The predicted octanol–water partition coefficient (Wildman–Crippen LogP) is 2.01. The summed E-state index contributed by atoms with van der Waals surface area (Å²) < 4.78 is 0. The Bertz CT molecular complexity index is 441. The number of nitrogens with one attached hydrogen (secondary N) is 1. The number of carbonyl (C=O) groups is 2. The first-order valence-electron chi connectivity index (χ1n) is 6.51. The first-order chi connectivity index (χ1) is 9.18. The highest BCUT2D eigenvalue weighted by molar-refractivity contribution is 5.83. The average molecular weight is 262 g/mol. The van der Waals surface area contributed by atoms with Gasteiger partial charge in [0.1, 0.15) is 0 Å². The third kappa shape index (κ3) is 3.47. The largest absolute Gasteiger partial charge is 0.479 e. The second-order valence-corrected chi connectivity index (χ2v) is 4.68. The van der Waals surface area contributed by atoms with Crippen molar-refractivity contribution in [1.82, 2.24) is 10.2 Å². The second-order valence-electron chi connectivity index (χ2n) is 4.68. The highest BCUT2D eigenvalue weighted by Gasteiger charge is 2.25. The summed E-state index contributed by atoms with van der Waals surface area (Å²) in [6.07, 6.45) is 3.10. The van der Waals surface area contributed by atoms with Gasteiger partial charge in [0.25, 0.3) is 0 Å². The fourth-order valence-corrected chi connectivity index (χ4v) is 2.24. The van der Waals surface area contributed by atoms with Gasteiger partial charge in [-0.3, -0.25) is 0 Å². The lowest BCUT2D eigenvalue weighted by atomic mass is 10.1. The summed E-state index contributed by atoms with van der Waals surface area (Å²) in [7, 11) is 0. The molecule has 0 aromatic heterocycles. The topological polar surface area (TPSA) is 69.6 Å². The highest BCUT2D eigenvalue weighted by Crippen LogP contribution is 2.15. The van der Waals surface area contributed by atoms with Crippen LogP contribution in [-0.2, 0) is 4.79 Å². The van der Waals surface area contributed by atoms with Crippen LogP contribution in [0.3, 0.4) is 0 Å². The molecular formula is C14H18N2O3. The van der Waals surface area contributed by atoms with Gasteiger partial charge >= 0.3 is 12.0 Å². The monoisotopic (exact) mass is 262 g/mol. The fraction of sp³-hybridized carbons (Fsp3) is 0.429. The number of rotatable bonds is 3. The maximum Gasteiger partial charge on any atom is 0.330 e. The molecule has 0 aliphatic carbocycles. The number of nitrogens with zero attached hydrogens (tertiary/aromatic N) is 1. The zero-order chi connectivity index (χ0) is 13.7. The van der Waals surface area contributed by atoms with Crippen molar-refractivity contribution in [3.05, 3.63) is 35.9 Å². The zero-order valence-electron chi connectivity index (χ0n) is 10.7. The Kier molecular flexibility index (Phi) is 4.39. The lowest BCUT2D eigenvalue weighted by Crippen LogP contribution is -2.45. The van der Waals surface area contributed by atoms with Crippen LogP contribution in [-0.4, -0.2) is 35.1 Å². The van der Waals surface area contributed by atoms with Crippen LogP contribution in [0, 0.1) is 0 Å². The van der Waals surface area contributed by atoms with Crippen molar-refractivity contribution >= 4 is 12.0 Å². The van der Waals surface area contributed by atoms with Crippen molar-refractivity contribution in [2.45, 2.75) is 25.3 Å². The van der Waals surface area contributed by atoms with E-state index >= 15 is 0 Å². The zero-order valence-corrected chi connectivity index (χ0v) is 10.7. The van der Waals surface area contributed by atoms with Crippen molar-refractivity contribution in [2.24, 2.45) is 0 Å². The van der Waals surface area contributed by atoms with Gasteiger partial charge in [-0.1, -0.05) is 30.3 Å². The van der Waals surface area contributed by atoms with Crippen molar-refractivity contribution in [3.8, 4) is 0 Å². The molecule has 1 aromatic rings. The number of urea groups is 1. The van der Waals surface area contributed by atoms with Gasteiger partial charge in [0, 0.05) is 13.1 Å². The molecule has 1 aromatic carbocycles. The van der Waals surface area contributed by atoms with Crippen LogP contribution in [0.1, 0.15) is 30.9 Å². The molecule has 19 heavy (non-hydrogen) atoms. The van der Waals surface area contributed by atoms with E-state index in [1.165, 1.54) is 0 Å². The third-order valence-electron chi connectivity index (χ3n) is 3.29. The molecule has 1 saturated heterocycles. The van der Waals surface area contributed by atoms with E-state index in [0.717, 1.165) is 19.3 Å². The SMILES string of the molecule is O=C(O)[C@@H](NC(=O)N1CCCCC1)c1ccccc1. The molecule has 1 aliphatic heterocycles. The first kappa shape index (κ1) is 13.4. The number of amides is 2. The summed E-state index contributed by atoms with van der Waals surface area (Å²) in [4.78, 5) is 25.0. The van der Waals surface area contributed by atoms with Crippen molar-refractivity contribution in [2.75, 3.05) is 13.1 Å². The molecule has 0 unspecified atom stereocenters. The molecule has 2 rings (SSSR count). The number of hydrogen-bond acceptors (Lipinski definition) is 2. The summed E-state index contributed by atoms with van der Waals surface area (Å²) in [5.74, 6) is -1.04. The fourth-order valence-electron chi connectivity index (χ4n) is 2.24. The minimum atomic E-state index is -1.04. The summed E-state index contributed by atoms with van der Waals surface area (Å²) in [6, 6.07) is 7.46. The van der Waals surface area contributed by atoms with E-state index in [9.17, 15) is 14.7 Å². The molecule has 0 saturated carbocycles. The van der Waals surface area contributed by atoms with Crippen LogP contribution < -0.4 is 5.32 Å². The lowest BCUT2D eigenvalue weighted by Gasteiger charge is -2.28. The van der Waals surface area contributed by atoms with Gasteiger partial charge in [0.05, 0.1) is 0 Å². The number of carboxylic acid groups (broad SMARTS) is 1. The van der Waals surface area contributed by atoms with Gasteiger partial charge in [-0.15, -0.1) is 0 Å². The minimum absolute atomic E-state index is 0.295. The Morgan fingerprint density at radius 3 is 2.32 bits per heavy atom. The standard InChI is InChI=1S/C14H18N2O3/c17-13(18)12(11-7-3-1-4-8-11)15-14(19)16-9-5-2-6-10-16/h1,3-4,7-8,12H,2,5-6,9-10H2,(H,15,19)(H,17,18)/t12-/m0/s1. The molecule has 0 bridgehead atoms. The molecule has 5 nitrogen and oxygen atoms in total. The van der Waals surface area contributed by atoms with E-state index in [0.29, 0.717) is 18.7 Å². The molecule has 2 amide bonds. The third-order valence-corrected chi connectivity index (χ3v) is 3.29. The Hall–Kier alpha value is -2.04. The normalized spacial score (nSPS) is 16.7. The van der Waals surface area contributed by atoms with Gasteiger partial charge in [-0.2, -0.15) is 0 Å². The molecule has 2 N–H and O–H groups in total. The summed E-state index contributed by atoms with van der Waals surface area (Å²) in [5, 5.41) is 11.8. The van der Waals surface area contributed by atoms with E-state index in [1.54, 1.807) is 29.2 Å². The number of piperidine rings is 1. The van der Waals surface area contributed by atoms with Crippen LogP contribution in [0.25, 0.3) is 0 Å². The maximum absolute atomic E-state index is 12.0. The number of carbonyl (C=O) groups excluding carboxylic acids is 1. The smallest absolute Gasteiger partial charge is 0.330 e. The van der Waals surface area contributed by atoms with Gasteiger partial charge in [0.2, 0.25) is 0 Å². The molecule has 0 spiro atoms. The Morgan fingerprint density at radius 2 is 1.74 bits per heavy atom. The number of likely N-dealkylation sites (tertiary alicyclic amines) is 1. The van der Waals surface area contributed by atoms with Crippen LogP contribution >= 0.6 is 0 Å². The van der Waals surface area contributed by atoms with E-state index in [-0.39, 0.29) is 6.03 Å². The van der Waals surface area contributed by atoms with Gasteiger partial charge in [0.15, 0.2) is 6.04 Å². The van der Waals surface area contributed by atoms with Crippen LogP contribution in [0.15, 0.2) is 30.3 Å². The maximum atomic E-state index is 12.0. The Labute approximate surface area is 112 Å². The van der Waals surface area contributed by atoms with Crippen LogP contribution in [0.2, 0.25) is 0 Å². The summed E-state index contributed by atoms with van der Waals surface area (Å²) >= 11 is 0. The molecule has 0 radical (unpaired) electrons. The summed E-state index contributed by atoms with van der Waals surface area (Å²) in [5.41, 5.74) is 0.584. The van der Waals surface area contributed by atoms with Crippen LogP contribution in [0.5, 0.6) is 0 Å². The molecule has 5 heteroatoms. The quantitative estimate of drug-likeness (QED) is 0.875. The van der Waals surface area contributed by atoms with E-state index < -0.39 is 12.0 Å². The van der Waals surface area contributed by atoms with Crippen molar-refractivity contribution < 1.29 is 14.7 Å².